The summed E-state index contributed by atoms with van der Waals surface area (Å²) in [4.78, 5) is 21.9. The molecule has 3 heterocycles. The minimum Gasteiger partial charge on any atom is -0.496 e. The standard InChI is InChI=1S/C25H28N4O3/c1-5-18(26)14-6-8-19(31-4)17-13-27-21(12-16(14)17)28-20-9-7-15-22(29-20)25(10-11-25)24(2,3)32-23(15)30/h6-9,12-13,18H,5,10-11,26H2,1-4H3,(H,27,28,29). The molecule has 1 aliphatic carbocycles. The Labute approximate surface area is 187 Å². The third-order valence-corrected chi connectivity index (χ3v) is 7.03. The van der Waals surface area contributed by atoms with Crippen molar-refractivity contribution in [2.24, 2.45) is 5.73 Å². The fourth-order valence-corrected chi connectivity index (χ4v) is 4.85. The van der Waals surface area contributed by atoms with Crippen LogP contribution in [-0.2, 0) is 10.2 Å². The molecule has 1 fully saturated rings. The van der Waals surface area contributed by atoms with Crippen molar-refractivity contribution >= 4 is 28.4 Å². The topological polar surface area (TPSA) is 99.4 Å². The Hall–Kier alpha value is -3.19. The highest BCUT2D eigenvalue weighted by molar-refractivity contribution is 5.94. The number of nitrogens with two attached hydrogens (primary N) is 1. The van der Waals surface area contributed by atoms with Crippen LogP contribution in [0.4, 0.5) is 11.6 Å². The van der Waals surface area contributed by atoms with Crippen molar-refractivity contribution < 1.29 is 14.3 Å². The van der Waals surface area contributed by atoms with Gasteiger partial charge in [-0.3, -0.25) is 0 Å². The van der Waals surface area contributed by atoms with E-state index in [1.54, 1.807) is 25.4 Å². The number of hydrogen-bond donors (Lipinski definition) is 2. The summed E-state index contributed by atoms with van der Waals surface area (Å²) in [5.41, 5.74) is 8.02. The molecule has 1 saturated carbocycles. The van der Waals surface area contributed by atoms with E-state index in [4.69, 9.17) is 20.2 Å². The van der Waals surface area contributed by atoms with Gasteiger partial charge in [0.15, 0.2) is 0 Å². The maximum atomic E-state index is 12.5. The van der Waals surface area contributed by atoms with Gasteiger partial charge in [-0.1, -0.05) is 13.0 Å². The van der Waals surface area contributed by atoms with Crippen molar-refractivity contribution in [3.8, 4) is 5.75 Å². The number of carbonyl (C=O) groups excluding carboxylic acids is 1. The van der Waals surface area contributed by atoms with Gasteiger partial charge < -0.3 is 20.5 Å². The molecule has 1 aromatic carbocycles. The van der Waals surface area contributed by atoms with Gasteiger partial charge in [0.25, 0.3) is 0 Å². The number of carbonyl (C=O) groups is 1. The molecule has 32 heavy (non-hydrogen) atoms. The zero-order valence-electron chi connectivity index (χ0n) is 18.9. The Morgan fingerprint density at radius 2 is 1.97 bits per heavy atom. The van der Waals surface area contributed by atoms with Crippen LogP contribution in [0.3, 0.4) is 0 Å². The number of aromatic nitrogens is 2. The summed E-state index contributed by atoms with van der Waals surface area (Å²) in [6.45, 7) is 6.01. The van der Waals surface area contributed by atoms with Crippen molar-refractivity contribution in [2.75, 3.05) is 12.4 Å². The normalized spacial score (nSPS) is 18.7. The van der Waals surface area contributed by atoms with Gasteiger partial charge in [-0.2, -0.15) is 0 Å². The van der Waals surface area contributed by atoms with Crippen LogP contribution in [0.25, 0.3) is 10.8 Å². The van der Waals surface area contributed by atoms with Gasteiger partial charge in [-0.05, 0) is 68.3 Å². The van der Waals surface area contributed by atoms with E-state index in [0.717, 1.165) is 47.0 Å². The monoisotopic (exact) mass is 432 g/mol. The first-order chi connectivity index (χ1) is 15.3. The molecule has 0 saturated heterocycles. The van der Waals surface area contributed by atoms with Crippen molar-refractivity contribution in [3.05, 3.63) is 53.3 Å². The number of rotatable bonds is 5. The first-order valence-corrected chi connectivity index (χ1v) is 11.0. The smallest absolute Gasteiger partial charge is 0.340 e. The number of cyclic esters (lactones) is 1. The maximum absolute atomic E-state index is 12.5. The lowest BCUT2D eigenvalue weighted by molar-refractivity contribution is -0.0285. The molecular weight excluding hydrogens is 404 g/mol. The number of fused-ring (bicyclic) bond motifs is 3. The van der Waals surface area contributed by atoms with Crippen LogP contribution < -0.4 is 15.8 Å². The molecule has 2 aliphatic rings. The van der Waals surface area contributed by atoms with E-state index in [-0.39, 0.29) is 17.4 Å². The fraction of sp³-hybridized carbons (Fsp3) is 0.400. The Morgan fingerprint density at radius 3 is 2.66 bits per heavy atom. The lowest BCUT2D eigenvalue weighted by atomic mass is 9.80. The number of ether oxygens (including phenoxy) is 2. The Morgan fingerprint density at radius 1 is 1.19 bits per heavy atom. The van der Waals surface area contributed by atoms with E-state index in [0.29, 0.717) is 17.2 Å². The van der Waals surface area contributed by atoms with Crippen molar-refractivity contribution in [1.82, 2.24) is 9.97 Å². The highest BCUT2D eigenvalue weighted by Gasteiger charge is 2.63. The van der Waals surface area contributed by atoms with Gasteiger partial charge in [-0.15, -0.1) is 0 Å². The molecule has 1 atom stereocenters. The molecule has 3 aromatic rings. The molecule has 0 bridgehead atoms. The van der Waals surface area contributed by atoms with Crippen LogP contribution in [0.15, 0.2) is 36.5 Å². The van der Waals surface area contributed by atoms with Crippen LogP contribution in [0.1, 0.15) is 67.7 Å². The molecular formula is C25H28N4O3. The summed E-state index contributed by atoms with van der Waals surface area (Å²) in [6.07, 6.45) is 4.54. The number of methoxy groups -OCH3 is 1. The predicted octanol–water partition coefficient (Wildman–Crippen LogP) is 4.77. The lowest BCUT2D eigenvalue weighted by Gasteiger charge is -2.39. The number of nitrogens with one attached hydrogen (secondary N) is 1. The third kappa shape index (κ3) is 3.03. The molecule has 2 aromatic heterocycles. The number of nitrogens with zero attached hydrogens (tertiary/aromatic N) is 2. The predicted molar refractivity (Wildman–Crippen MR) is 123 cm³/mol. The maximum Gasteiger partial charge on any atom is 0.340 e. The van der Waals surface area contributed by atoms with Crippen molar-refractivity contribution in [3.63, 3.8) is 0 Å². The first kappa shape index (κ1) is 20.7. The average molecular weight is 433 g/mol. The molecule has 0 amide bonds. The van der Waals surface area contributed by atoms with E-state index >= 15 is 0 Å². The first-order valence-electron chi connectivity index (χ1n) is 11.0. The van der Waals surface area contributed by atoms with Crippen LogP contribution >= 0.6 is 0 Å². The second kappa shape index (κ2) is 7.17. The Bertz CT molecular complexity index is 1230. The summed E-state index contributed by atoms with van der Waals surface area (Å²) >= 11 is 0. The summed E-state index contributed by atoms with van der Waals surface area (Å²) < 4.78 is 11.2. The summed E-state index contributed by atoms with van der Waals surface area (Å²) in [6, 6.07) is 9.44. The molecule has 7 nitrogen and oxygen atoms in total. The molecule has 1 spiro atoms. The Balaban J connectivity index is 1.55. The van der Waals surface area contributed by atoms with Crippen molar-refractivity contribution in [2.45, 2.75) is 57.1 Å². The van der Waals surface area contributed by atoms with E-state index in [9.17, 15) is 4.79 Å². The summed E-state index contributed by atoms with van der Waals surface area (Å²) in [5, 5.41) is 5.23. The van der Waals surface area contributed by atoms with Gasteiger partial charge in [0.05, 0.1) is 23.8 Å². The Kier molecular flexibility index (Phi) is 4.64. The second-order valence-electron chi connectivity index (χ2n) is 9.19. The lowest BCUT2D eigenvalue weighted by Crippen LogP contribution is -2.46. The van der Waals surface area contributed by atoms with E-state index in [1.165, 1.54) is 0 Å². The molecule has 7 heteroatoms. The van der Waals surface area contributed by atoms with Crippen LogP contribution in [-0.4, -0.2) is 28.6 Å². The minimum atomic E-state index is -0.564. The number of hydrogen-bond acceptors (Lipinski definition) is 7. The van der Waals surface area contributed by atoms with Gasteiger partial charge in [0, 0.05) is 17.6 Å². The van der Waals surface area contributed by atoms with Gasteiger partial charge in [-0.25, -0.2) is 14.8 Å². The van der Waals surface area contributed by atoms with Gasteiger partial charge >= 0.3 is 5.97 Å². The zero-order chi connectivity index (χ0) is 22.7. The highest BCUT2D eigenvalue weighted by atomic mass is 16.6. The molecule has 0 radical (unpaired) electrons. The quantitative estimate of drug-likeness (QED) is 0.560. The molecule has 3 N–H and O–H groups in total. The van der Waals surface area contributed by atoms with Crippen molar-refractivity contribution in [1.29, 1.82) is 0 Å². The minimum absolute atomic E-state index is 0.0801. The SMILES string of the molecule is CCC(N)c1ccc(OC)c2cnc(Nc3ccc4c(n3)C3(CC3)C(C)(C)OC4=O)cc12. The third-order valence-electron chi connectivity index (χ3n) is 7.03. The van der Waals surface area contributed by atoms with Gasteiger partial charge in [0.2, 0.25) is 0 Å². The fourth-order valence-electron chi connectivity index (χ4n) is 4.85. The molecule has 166 valence electrons. The molecule has 1 unspecified atom stereocenters. The molecule has 1 aliphatic heterocycles. The second-order valence-corrected chi connectivity index (χ2v) is 9.19. The largest absolute Gasteiger partial charge is 0.496 e. The van der Waals surface area contributed by atoms with Crippen LogP contribution in [0.5, 0.6) is 5.75 Å². The van der Waals surface area contributed by atoms with E-state index < -0.39 is 5.60 Å². The van der Waals surface area contributed by atoms with Crippen LogP contribution in [0, 0.1) is 0 Å². The average Bonchev–Trinajstić information content (AvgIpc) is 3.59. The van der Waals surface area contributed by atoms with Gasteiger partial charge in [0.1, 0.15) is 23.0 Å². The van der Waals surface area contributed by atoms with Crippen LogP contribution in [0.2, 0.25) is 0 Å². The molecule has 5 rings (SSSR count). The highest BCUT2D eigenvalue weighted by Crippen LogP contribution is 2.59. The zero-order valence-corrected chi connectivity index (χ0v) is 18.9. The number of benzene rings is 1. The van der Waals surface area contributed by atoms with E-state index in [2.05, 4.69) is 17.2 Å². The summed E-state index contributed by atoms with van der Waals surface area (Å²) in [5.74, 6) is 1.76. The number of esters is 1. The number of pyridine rings is 2. The number of anilines is 2. The van der Waals surface area contributed by atoms with E-state index in [1.807, 2.05) is 32.0 Å². The summed E-state index contributed by atoms with van der Waals surface area (Å²) in [7, 11) is 1.65.